The fourth-order valence-corrected chi connectivity index (χ4v) is 2.47. The third-order valence-electron chi connectivity index (χ3n) is 3.71. The van der Waals surface area contributed by atoms with E-state index in [1.54, 1.807) is 0 Å². The van der Waals surface area contributed by atoms with E-state index in [0.29, 0.717) is 19.6 Å². The molecule has 0 aliphatic heterocycles. The largest absolute Gasteiger partial charge is 0.465 e. The lowest BCUT2D eigenvalue weighted by Crippen LogP contribution is -2.37. The van der Waals surface area contributed by atoms with Crippen LogP contribution in [-0.2, 0) is 19.1 Å². The van der Waals surface area contributed by atoms with E-state index in [1.165, 1.54) is 0 Å². The highest BCUT2D eigenvalue weighted by molar-refractivity contribution is 5.82. The molecule has 23 heavy (non-hydrogen) atoms. The van der Waals surface area contributed by atoms with Gasteiger partial charge in [-0.3, -0.25) is 9.59 Å². The van der Waals surface area contributed by atoms with E-state index in [9.17, 15) is 9.59 Å². The van der Waals surface area contributed by atoms with Gasteiger partial charge in [-0.15, -0.1) is 0 Å². The lowest BCUT2D eigenvalue weighted by molar-refractivity contribution is -0.164. The summed E-state index contributed by atoms with van der Waals surface area (Å²) in [4.78, 5) is 25.0. The number of rotatable bonds is 11. The van der Waals surface area contributed by atoms with Crippen LogP contribution in [0.4, 0.5) is 0 Å². The molecule has 0 spiro atoms. The Balaban J connectivity index is 5.08. The van der Waals surface area contributed by atoms with Gasteiger partial charge in [0.15, 0.2) is 0 Å². The molecule has 136 valence electrons. The first-order chi connectivity index (χ1) is 10.7. The number of carbonyl (C=O) groups excluding carboxylic acids is 2. The molecule has 0 amide bonds. The highest BCUT2D eigenvalue weighted by Crippen LogP contribution is 2.29. The lowest BCUT2D eigenvalue weighted by Gasteiger charge is -2.27. The second-order valence-electron chi connectivity index (χ2n) is 7.57. The molecule has 2 atom stereocenters. The van der Waals surface area contributed by atoms with Crippen LogP contribution in [0.2, 0.25) is 0 Å². The first-order valence-electron chi connectivity index (χ1n) is 9.03. The summed E-state index contributed by atoms with van der Waals surface area (Å²) >= 11 is 0. The molecule has 0 saturated heterocycles. The van der Waals surface area contributed by atoms with E-state index < -0.39 is 11.8 Å². The van der Waals surface area contributed by atoms with Crippen molar-refractivity contribution >= 4 is 11.9 Å². The number of esters is 2. The zero-order valence-corrected chi connectivity index (χ0v) is 16.1. The Morgan fingerprint density at radius 3 is 1.70 bits per heavy atom. The van der Waals surface area contributed by atoms with Crippen LogP contribution in [0.15, 0.2) is 0 Å². The van der Waals surface area contributed by atoms with Crippen LogP contribution < -0.4 is 0 Å². The molecule has 0 heterocycles. The highest BCUT2D eigenvalue weighted by Gasteiger charge is 2.37. The van der Waals surface area contributed by atoms with E-state index in [2.05, 4.69) is 6.92 Å². The van der Waals surface area contributed by atoms with E-state index >= 15 is 0 Å². The Hall–Kier alpha value is -1.06. The maximum Gasteiger partial charge on any atom is 0.310 e. The molecule has 0 bridgehead atoms. The molecule has 0 aliphatic carbocycles. The van der Waals surface area contributed by atoms with Gasteiger partial charge in [0, 0.05) is 0 Å². The maximum absolute atomic E-state index is 12.5. The van der Waals surface area contributed by atoms with E-state index in [0.717, 1.165) is 12.8 Å². The lowest BCUT2D eigenvalue weighted by atomic mass is 9.80. The quantitative estimate of drug-likeness (QED) is 0.525. The van der Waals surface area contributed by atoms with Crippen LogP contribution in [0.5, 0.6) is 0 Å². The second kappa shape index (κ2) is 11.5. The Bertz CT molecular complexity index is 347. The molecule has 2 unspecified atom stereocenters. The molecular weight excluding hydrogens is 292 g/mol. The van der Waals surface area contributed by atoms with Crippen LogP contribution in [0, 0.1) is 29.6 Å². The highest BCUT2D eigenvalue weighted by atomic mass is 16.5. The minimum Gasteiger partial charge on any atom is -0.465 e. The third-order valence-corrected chi connectivity index (χ3v) is 3.71. The van der Waals surface area contributed by atoms with Gasteiger partial charge in [-0.25, -0.2) is 0 Å². The molecule has 4 nitrogen and oxygen atoms in total. The Kier molecular flexibility index (Phi) is 10.9. The molecule has 4 heteroatoms. The van der Waals surface area contributed by atoms with E-state index in [-0.39, 0.29) is 29.7 Å². The summed E-state index contributed by atoms with van der Waals surface area (Å²) in [6, 6.07) is 0. The van der Waals surface area contributed by atoms with Gasteiger partial charge in [-0.2, -0.15) is 0 Å². The summed E-state index contributed by atoms with van der Waals surface area (Å²) in [5, 5.41) is 0. The number of hydrogen-bond acceptors (Lipinski definition) is 4. The van der Waals surface area contributed by atoms with Crippen LogP contribution in [0.3, 0.4) is 0 Å². The molecule has 0 aromatic carbocycles. The first kappa shape index (κ1) is 21.9. The molecule has 0 aromatic heterocycles. The van der Waals surface area contributed by atoms with Crippen molar-refractivity contribution in [1.29, 1.82) is 0 Å². The summed E-state index contributed by atoms with van der Waals surface area (Å²) in [7, 11) is 0. The molecule has 0 aromatic rings. The first-order valence-corrected chi connectivity index (χ1v) is 9.03. The fourth-order valence-electron chi connectivity index (χ4n) is 2.47. The zero-order valence-electron chi connectivity index (χ0n) is 16.1. The van der Waals surface area contributed by atoms with Crippen molar-refractivity contribution in [2.24, 2.45) is 29.6 Å². The van der Waals surface area contributed by atoms with Crippen molar-refractivity contribution in [1.82, 2.24) is 0 Å². The van der Waals surface area contributed by atoms with Crippen LogP contribution in [0.25, 0.3) is 0 Å². The van der Waals surface area contributed by atoms with Crippen molar-refractivity contribution < 1.29 is 19.1 Å². The SMILES string of the molecule is CCCCC(C(=O)OCC(C)C)C(C(=O)OCC(C)C)C(C)C. The standard InChI is InChI=1S/C19H36O4/c1-8-9-10-16(18(20)22-11-13(2)3)17(15(6)7)19(21)23-12-14(4)5/h13-17H,8-12H2,1-7H3. The van der Waals surface area contributed by atoms with Crippen molar-refractivity contribution in [3.05, 3.63) is 0 Å². The van der Waals surface area contributed by atoms with Crippen LogP contribution in [-0.4, -0.2) is 25.2 Å². The maximum atomic E-state index is 12.5. The fraction of sp³-hybridized carbons (Fsp3) is 0.895. The average molecular weight is 328 g/mol. The Labute approximate surface area is 142 Å². The van der Waals surface area contributed by atoms with Gasteiger partial charge in [-0.05, 0) is 24.2 Å². The predicted molar refractivity (Wildman–Crippen MR) is 92.9 cm³/mol. The van der Waals surface area contributed by atoms with Gasteiger partial charge in [-0.1, -0.05) is 61.3 Å². The van der Waals surface area contributed by atoms with Crippen molar-refractivity contribution in [2.45, 2.75) is 67.7 Å². The molecule has 0 N–H and O–H groups in total. The molecule has 0 rings (SSSR count). The third kappa shape index (κ3) is 8.97. The molecule has 0 fully saturated rings. The van der Waals surface area contributed by atoms with Crippen LogP contribution in [0.1, 0.15) is 67.7 Å². The Morgan fingerprint density at radius 1 is 0.826 bits per heavy atom. The van der Waals surface area contributed by atoms with Gasteiger partial charge in [0.1, 0.15) is 0 Å². The summed E-state index contributed by atoms with van der Waals surface area (Å²) in [5.74, 6) is -0.745. The topological polar surface area (TPSA) is 52.6 Å². The number of ether oxygens (including phenoxy) is 2. The number of carbonyl (C=O) groups is 2. The summed E-state index contributed by atoms with van der Waals surface area (Å²) in [5.41, 5.74) is 0. The molecular formula is C19H36O4. The van der Waals surface area contributed by atoms with Gasteiger partial charge in [0.05, 0.1) is 25.0 Å². The molecule has 0 radical (unpaired) electrons. The van der Waals surface area contributed by atoms with Crippen molar-refractivity contribution in [3.8, 4) is 0 Å². The normalized spacial score (nSPS) is 14.2. The molecule has 0 saturated carbocycles. The van der Waals surface area contributed by atoms with Gasteiger partial charge >= 0.3 is 11.9 Å². The summed E-state index contributed by atoms with van der Waals surface area (Å²) < 4.78 is 10.8. The zero-order chi connectivity index (χ0) is 18.0. The van der Waals surface area contributed by atoms with Crippen molar-refractivity contribution in [3.63, 3.8) is 0 Å². The van der Waals surface area contributed by atoms with Gasteiger partial charge in [0.2, 0.25) is 0 Å². The van der Waals surface area contributed by atoms with E-state index in [1.807, 2.05) is 41.5 Å². The second-order valence-corrected chi connectivity index (χ2v) is 7.57. The minimum atomic E-state index is -0.431. The number of hydrogen-bond donors (Lipinski definition) is 0. The monoisotopic (exact) mass is 328 g/mol. The van der Waals surface area contributed by atoms with Gasteiger partial charge < -0.3 is 9.47 Å². The van der Waals surface area contributed by atoms with Crippen molar-refractivity contribution in [2.75, 3.05) is 13.2 Å². The average Bonchev–Trinajstić information content (AvgIpc) is 2.45. The summed E-state index contributed by atoms with van der Waals surface area (Å²) in [6.45, 7) is 14.8. The van der Waals surface area contributed by atoms with E-state index in [4.69, 9.17) is 9.47 Å². The van der Waals surface area contributed by atoms with Gasteiger partial charge in [0.25, 0.3) is 0 Å². The van der Waals surface area contributed by atoms with Crippen LogP contribution >= 0.6 is 0 Å². The summed E-state index contributed by atoms with van der Waals surface area (Å²) in [6.07, 6.45) is 2.56. The molecule has 0 aliphatic rings. The predicted octanol–water partition coefficient (Wildman–Crippen LogP) is 4.46. The smallest absolute Gasteiger partial charge is 0.310 e. The Morgan fingerprint density at radius 2 is 1.30 bits per heavy atom. The number of unbranched alkanes of at least 4 members (excludes halogenated alkanes) is 1. The minimum absolute atomic E-state index is 0.0446.